The van der Waals surface area contributed by atoms with Gasteiger partial charge in [0.1, 0.15) is 5.75 Å². The maximum Gasteiger partial charge on any atom is 0.189 e. The van der Waals surface area contributed by atoms with Crippen molar-refractivity contribution < 1.29 is 9.47 Å². The highest BCUT2D eigenvalue weighted by atomic mass is 16.7. The molecule has 1 aliphatic carbocycles. The van der Waals surface area contributed by atoms with E-state index in [1.165, 1.54) is 36.8 Å². The van der Waals surface area contributed by atoms with Gasteiger partial charge in [0.25, 0.3) is 0 Å². The SMILES string of the molecule is C/C(=C\c1ccncc1)c1ccc(OCOC2CCCC2)cc1. The number of allylic oxidation sites excluding steroid dienone is 1. The molecule has 1 heterocycles. The molecular formula is C20H23NO2. The Kier molecular flexibility index (Phi) is 5.43. The second-order valence-corrected chi connectivity index (χ2v) is 5.97. The topological polar surface area (TPSA) is 31.4 Å². The second-order valence-electron chi connectivity index (χ2n) is 5.97. The fourth-order valence-corrected chi connectivity index (χ4v) is 2.86. The summed E-state index contributed by atoms with van der Waals surface area (Å²) in [6.45, 7) is 2.45. The van der Waals surface area contributed by atoms with Gasteiger partial charge in [-0.3, -0.25) is 4.98 Å². The molecule has 1 aromatic carbocycles. The van der Waals surface area contributed by atoms with Crippen LogP contribution >= 0.6 is 0 Å². The Morgan fingerprint density at radius 1 is 1.09 bits per heavy atom. The molecule has 0 radical (unpaired) electrons. The average Bonchev–Trinajstić information content (AvgIpc) is 3.10. The van der Waals surface area contributed by atoms with E-state index in [9.17, 15) is 0 Å². The van der Waals surface area contributed by atoms with E-state index in [2.05, 4.69) is 30.1 Å². The van der Waals surface area contributed by atoms with E-state index in [-0.39, 0.29) is 0 Å². The van der Waals surface area contributed by atoms with E-state index < -0.39 is 0 Å². The van der Waals surface area contributed by atoms with Gasteiger partial charge in [-0.1, -0.05) is 31.1 Å². The van der Waals surface area contributed by atoms with Crippen molar-refractivity contribution >= 4 is 11.6 Å². The third-order valence-electron chi connectivity index (χ3n) is 4.23. The fraction of sp³-hybridized carbons (Fsp3) is 0.350. The Hall–Kier alpha value is -2.13. The molecule has 120 valence electrons. The van der Waals surface area contributed by atoms with Gasteiger partial charge in [0.2, 0.25) is 0 Å². The maximum atomic E-state index is 5.72. The zero-order chi connectivity index (χ0) is 15.9. The third-order valence-corrected chi connectivity index (χ3v) is 4.23. The first-order chi connectivity index (χ1) is 11.3. The Morgan fingerprint density at radius 2 is 1.78 bits per heavy atom. The smallest absolute Gasteiger partial charge is 0.189 e. The van der Waals surface area contributed by atoms with Crippen molar-refractivity contribution in [2.75, 3.05) is 6.79 Å². The van der Waals surface area contributed by atoms with Gasteiger partial charge < -0.3 is 9.47 Å². The number of benzene rings is 1. The minimum absolute atomic E-state index is 0.343. The van der Waals surface area contributed by atoms with E-state index in [4.69, 9.17) is 9.47 Å². The van der Waals surface area contributed by atoms with E-state index in [1.54, 1.807) is 12.4 Å². The molecule has 0 amide bonds. The predicted molar refractivity (Wildman–Crippen MR) is 93.1 cm³/mol. The highest BCUT2D eigenvalue weighted by Crippen LogP contribution is 2.23. The molecular weight excluding hydrogens is 286 g/mol. The fourth-order valence-electron chi connectivity index (χ4n) is 2.86. The van der Waals surface area contributed by atoms with Crippen molar-refractivity contribution in [2.45, 2.75) is 38.7 Å². The molecule has 0 saturated heterocycles. The molecule has 23 heavy (non-hydrogen) atoms. The summed E-state index contributed by atoms with van der Waals surface area (Å²) in [7, 11) is 0. The van der Waals surface area contributed by atoms with E-state index >= 15 is 0 Å². The van der Waals surface area contributed by atoms with Crippen LogP contribution in [0.15, 0.2) is 48.8 Å². The van der Waals surface area contributed by atoms with Crippen LogP contribution in [-0.4, -0.2) is 17.9 Å². The summed E-state index contributed by atoms with van der Waals surface area (Å²) in [5, 5.41) is 0. The number of ether oxygens (including phenoxy) is 2. The Bertz CT molecular complexity index is 628. The van der Waals surface area contributed by atoms with Gasteiger partial charge in [-0.2, -0.15) is 0 Å². The van der Waals surface area contributed by atoms with Crippen LogP contribution in [0.4, 0.5) is 0 Å². The van der Waals surface area contributed by atoms with Crippen LogP contribution in [0.3, 0.4) is 0 Å². The van der Waals surface area contributed by atoms with Crippen LogP contribution in [0, 0.1) is 0 Å². The van der Waals surface area contributed by atoms with Crippen LogP contribution in [0.2, 0.25) is 0 Å². The zero-order valence-corrected chi connectivity index (χ0v) is 13.6. The molecule has 0 aliphatic heterocycles. The molecule has 2 aromatic rings. The molecule has 1 saturated carbocycles. The lowest BCUT2D eigenvalue weighted by molar-refractivity contribution is -0.0324. The monoisotopic (exact) mass is 309 g/mol. The molecule has 3 rings (SSSR count). The highest BCUT2D eigenvalue weighted by molar-refractivity contribution is 5.80. The van der Waals surface area contributed by atoms with Crippen molar-refractivity contribution in [1.82, 2.24) is 4.98 Å². The quantitative estimate of drug-likeness (QED) is 0.708. The Labute approximate surface area is 138 Å². The molecule has 3 nitrogen and oxygen atoms in total. The van der Waals surface area contributed by atoms with Crippen molar-refractivity contribution in [3.05, 3.63) is 59.9 Å². The van der Waals surface area contributed by atoms with E-state index in [0.29, 0.717) is 12.9 Å². The first-order valence-electron chi connectivity index (χ1n) is 8.24. The summed E-state index contributed by atoms with van der Waals surface area (Å²) in [4.78, 5) is 4.04. The van der Waals surface area contributed by atoms with Gasteiger partial charge in [0, 0.05) is 12.4 Å². The predicted octanol–water partition coefficient (Wildman–Crippen LogP) is 4.94. The molecule has 0 N–H and O–H groups in total. The molecule has 1 aromatic heterocycles. The Morgan fingerprint density at radius 3 is 2.48 bits per heavy atom. The number of aromatic nitrogens is 1. The highest BCUT2D eigenvalue weighted by Gasteiger charge is 2.15. The maximum absolute atomic E-state index is 5.72. The van der Waals surface area contributed by atoms with Crippen LogP contribution in [0.25, 0.3) is 11.6 Å². The lowest BCUT2D eigenvalue weighted by Crippen LogP contribution is -2.12. The van der Waals surface area contributed by atoms with Crippen LogP contribution < -0.4 is 4.74 Å². The summed E-state index contributed by atoms with van der Waals surface area (Å²) >= 11 is 0. The zero-order valence-electron chi connectivity index (χ0n) is 13.6. The summed E-state index contributed by atoms with van der Waals surface area (Å²) in [6, 6.07) is 12.2. The van der Waals surface area contributed by atoms with Crippen molar-refractivity contribution in [3.63, 3.8) is 0 Å². The molecule has 1 aliphatic rings. The van der Waals surface area contributed by atoms with Crippen molar-refractivity contribution in [3.8, 4) is 5.75 Å². The largest absolute Gasteiger partial charge is 0.468 e. The summed E-state index contributed by atoms with van der Waals surface area (Å²) < 4.78 is 11.4. The van der Waals surface area contributed by atoms with Gasteiger partial charge in [-0.25, -0.2) is 0 Å². The first kappa shape index (κ1) is 15.8. The van der Waals surface area contributed by atoms with Crippen LogP contribution in [-0.2, 0) is 4.74 Å². The lowest BCUT2D eigenvalue weighted by atomic mass is 10.0. The molecule has 0 spiro atoms. The van der Waals surface area contributed by atoms with E-state index in [1.807, 2.05) is 24.3 Å². The average molecular weight is 309 g/mol. The first-order valence-corrected chi connectivity index (χ1v) is 8.24. The second kappa shape index (κ2) is 7.93. The number of pyridine rings is 1. The lowest BCUT2D eigenvalue weighted by Gasteiger charge is -2.12. The molecule has 3 heteroatoms. The van der Waals surface area contributed by atoms with Gasteiger partial charge in [-0.15, -0.1) is 0 Å². The van der Waals surface area contributed by atoms with Gasteiger partial charge in [-0.05, 0) is 60.7 Å². The van der Waals surface area contributed by atoms with Crippen molar-refractivity contribution in [2.24, 2.45) is 0 Å². The van der Waals surface area contributed by atoms with E-state index in [0.717, 1.165) is 11.3 Å². The molecule has 0 atom stereocenters. The number of hydrogen-bond acceptors (Lipinski definition) is 3. The summed E-state index contributed by atoms with van der Waals surface area (Å²) in [5.41, 5.74) is 3.55. The van der Waals surface area contributed by atoms with Crippen LogP contribution in [0.5, 0.6) is 5.75 Å². The third kappa shape index (κ3) is 4.67. The number of nitrogens with zero attached hydrogens (tertiary/aromatic N) is 1. The molecule has 0 unspecified atom stereocenters. The van der Waals surface area contributed by atoms with Gasteiger partial charge in [0.15, 0.2) is 6.79 Å². The number of hydrogen-bond donors (Lipinski definition) is 0. The van der Waals surface area contributed by atoms with Crippen molar-refractivity contribution in [1.29, 1.82) is 0 Å². The summed E-state index contributed by atoms with van der Waals surface area (Å²) in [5.74, 6) is 0.850. The molecule has 1 fully saturated rings. The minimum Gasteiger partial charge on any atom is -0.468 e. The normalized spacial score (nSPS) is 15.8. The Balaban J connectivity index is 1.55. The standard InChI is InChI=1S/C20H23NO2/c1-16(14-17-10-12-21-13-11-17)18-6-8-20(9-7-18)23-15-22-19-4-2-3-5-19/h6-14,19H,2-5,15H2,1H3/b16-14+. The molecule has 0 bridgehead atoms. The number of rotatable bonds is 6. The van der Waals surface area contributed by atoms with Gasteiger partial charge >= 0.3 is 0 Å². The minimum atomic E-state index is 0.343. The summed E-state index contributed by atoms with van der Waals surface area (Å²) in [6.07, 6.45) is 11.1. The van der Waals surface area contributed by atoms with Crippen LogP contribution in [0.1, 0.15) is 43.7 Å². The van der Waals surface area contributed by atoms with Gasteiger partial charge in [0.05, 0.1) is 6.10 Å².